The summed E-state index contributed by atoms with van der Waals surface area (Å²) in [4.78, 5) is 37.1. The van der Waals surface area contributed by atoms with Crippen LogP contribution < -0.4 is 9.80 Å². The van der Waals surface area contributed by atoms with Gasteiger partial charge in [0, 0.05) is 56.8 Å². The third-order valence-corrected chi connectivity index (χ3v) is 7.88. The zero-order valence-corrected chi connectivity index (χ0v) is 21.4. The molecule has 1 saturated heterocycles. The Kier molecular flexibility index (Phi) is 7.75. The molecule has 0 unspecified atom stereocenters. The number of aromatic nitrogens is 1. The summed E-state index contributed by atoms with van der Waals surface area (Å²) in [5.74, 6) is 0.849. The molecule has 1 fully saturated rings. The van der Waals surface area contributed by atoms with Crippen molar-refractivity contribution in [2.45, 2.75) is 25.7 Å². The Morgan fingerprint density at radius 3 is 2.86 bits per heavy atom. The number of thiophene rings is 1. The van der Waals surface area contributed by atoms with Crippen molar-refractivity contribution in [3.05, 3.63) is 64.7 Å². The first-order chi connectivity index (χ1) is 17.7. The van der Waals surface area contributed by atoms with Gasteiger partial charge in [-0.1, -0.05) is 24.3 Å². The van der Waals surface area contributed by atoms with Gasteiger partial charge in [-0.25, -0.2) is 4.98 Å². The number of ether oxygens (including phenoxy) is 2. The second kappa shape index (κ2) is 11.3. The Morgan fingerprint density at radius 2 is 1.97 bits per heavy atom. The predicted octanol–water partition coefficient (Wildman–Crippen LogP) is 4.85. The first-order valence-electron chi connectivity index (χ1n) is 12.5. The third kappa shape index (κ3) is 5.21. The number of carbonyl (C=O) groups is 2. The van der Waals surface area contributed by atoms with Crippen molar-refractivity contribution in [2.75, 3.05) is 56.4 Å². The molecule has 0 N–H and O–H groups in total. The van der Waals surface area contributed by atoms with Gasteiger partial charge in [-0.3, -0.25) is 9.59 Å². The van der Waals surface area contributed by atoms with E-state index in [1.807, 2.05) is 47.4 Å². The average Bonchev–Trinajstić information content (AvgIpc) is 3.06. The highest BCUT2D eigenvalue weighted by Gasteiger charge is 2.28. The highest BCUT2D eigenvalue weighted by Crippen LogP contribution is 2.42. The second-order valence-electron chi connectivity index (χ2n) is 9.04. The molecule has 36 heavy (non-hydrogen) atoms. The fraction of sp³-hybridized carbons (Fsp3) is 0.393. The minimum Gasteiger partial charge on any atom is -0.385 e. The number of hydrogen-bond donors (Lipinski definition) is 0. The Hall–Kier alpha value is -3.07. The number of rotatable bonds is 7. The summed E-state index contributed by atoms with van der Waals surface area (Å²) in [6.07, 6.45) is 2.82. The van der Waals surface area contributed by atoms with Gasteiger partial charge in [0.1, 0.15) is 11.5 Å². The lowest BCUT2D eigenvalue weighted by Crippen LogP contribution is -2.34. The summed E-state index contributed by atoms with van der Waals surface area (Å²) in [7, 11) is 1.65. The maximum atomic E-state index is 13.8. The van der Waals surface area contributed by atoms with Crippen LogP contribution in [-0.4, -0.2) is 63.2 Å². The summed E-state index contributed by atoms with van der Waals surface area (Å²) < 4.78 is 10.7. The number of ketones is 1. The Labute approximate surface area is 215 Å². The number of benzene rings is 1. The summed E-state index contributed by atoms with van der Waals surface area (Å²) >= 11 is 1.53. The molecule has 2 aromatic heterocycles. The minimum atomic E-state index is -0.110. The maximum Gasteiger partial charge on any atom is 0.276 e. The van der Waals surface area contributed by atoms with Crippen molar-refractivity contribution in [2.24, 2.45) is 0 Å². The van der Waals surface area contributed by atoms with E-state index in [0.717, 1.165) is 58.5 Å². The summed E-state index contributed by atoms with van der Waals surface area (Å²) in [6, 6.07) is 15.6. The van der Waals surface area contributed by atoms with E-state index in [9.17, 15) is 9.59 Å². The number of carbonyl (C=O) groups excluding carboxylic acids is 2. The highest BCUT2D eigenvalue weighted by atomic mass is 32.1. The molecule has 7 nitrogen and oxygen atoms in total. The normalized spacial score (nSPS) is 15.6. The molecule has 0 aliphatic carbocycles. The monoisotopic (exact) mass is 505 g/mol. The predicted molar refractivity (Wildman–Crippen MR) is 142 cm³/mol. The van der Waals surface area contributed by atoms with E-state index in [4.69, 9.17) is 14.5 Å². The number of pyridine rings is 1. The lowest BCUT2D eigenvalue weighted by atomic mass is 10.1. The van der Waals surface area contributed by atoms with Crippen LogP contribution >= 0.6 is 11.3 Å². The van der Waals surface area contributed by atoms with Gasteiger partial charge in [-0.05, 0) is 49.1 Å². The van der Waals surface area contributed by atoms with E-state index >= 15 is 0 Å². The van der Waals surface area contributed by atoms with E-state index in [-0.39, 0.29) is 11.7 Å². The molecule has 2 aliphatic heterocycles. The van der Waals surface area contributed by atoms with Crippen LogP contribution in [0.15, 0.2) is 48.5 Å². The molecule has 0 bridgehead atoms. The van der Waals surface area contributed by atoms with Crippen molar-refractivity contribution in [1.82, 2.24) is 4.98 Å². The number of para-hydroxylation sites is 1. The van der Waals surface area contributed by atoms with E-state index in [2.05, 4.69) is 4.90 Å². The zero-order chi connectivity index (χ0) is 24.9. The van der Waals surface area contributed by atoms with Crippen molar-refractivity contribution < 1.29 is 19.1 Å². The summed E-state index contributed by atoms with van der Waals surface area (Å²) in [5, 5.41) is 0. The second-order valence-corrected chi connectivity index (χ2v) is 10.1. The van der Waals surface area contributed by atoms with Gasteiger partial charge >= 0.3 is 0 Å². The fourth-order valence-corrected chi connectivity index (χ4v) is 5.99. The minimum absolute atomic E-state index is 0.110. The highest BCUT2D eigenvalue weighted by molar-refractivity contribution is 7.17. The standard InChI is InChI=1S/C28H31N3O4S/c1-34-16-5-10-24(32)25-19-20-12-14-31(23-9-3-2-7-21(23)27(20)36-25)28(33)22-8-4-11-26(29-22)30-13-6-17-35-18-15-30/h2-4,7-9,11,19H,5-6,10,12-18H2,1H3. The van der Waals surface area contributed by atoms with E-state index < -0.39 is 0 Å². The lowest BCUT2D eigenvalue weighted by Gasteiger charge is -2.24. The zero-order valence-electron chi connectivity index (χ0n) is 20.6. The summed E-state index contributed by atoms with van der Waals surface area (Å²) in [5.41, 5.74) is 3.40. The Morgan fingerprint density at radius 1 is 1.08 bits per heavy atom. The molecule has 1 amide bonds. The van der Waals surface area contributed by atoms with E-state index in [1.165, 1.54) is 11.3 Å². The molecular formula is C28H31N3O4S. The van der Waals surface area contributed by atoms with Crippen LogP contribution in [0.1, 0.15) is 45.0 Å². The first-order valence-corrected chi connectivity index (χ1v) is 13.3. The molecule has 0 radical (unpaired) electrons. The van der Waals surface area contributed by atoms with Crippen molar-refractivity contribution in [3.63, 3.8) is 0 Å². The summed E-state index contributed by atoms with van der Waals surface area (Å²) in [6.45, 7) is 4.16. The van der Waals surface area contributed by atoms with Crippen LogP contribution in [0, 0.1) is 0 Å². The molecule has 0 atom stereocenters. The van der Waals surface area contributed by atoms with Gasteiger partial charge in [0.25, 0.3) is 5.91 Å². The molecule has 3 aromatic rings. The smallest absolute Gasteiger partial charge is 0.276 e. The van der Waals surface area contributed by atoms with Crippen LogP contribution in [0.3, 0.4) is 0 Å². The van der Waals surface area contributed by atoms with Crippen LogP contribution in [0.2, 0.25) is 0 Å². The van der Waals surface area contributed by atoms with Crippen molar-refractivity contribution in [1.29, 1.82) is 0 Å². The number of fused-ring (bicyclic) bond motifs is 3. The number of Topliss-reactive ketones (excluding diaryl/α,β-unsaturated/α-hetero) is 1. The molecule has 0 spiro atoms. The van der Waals surface area contributed by atoms with Crippen LogP contribution in [0.25, 0.3) is 10.4 Å². The van der Waals surface area contributed by atoms with E-state index in [0.29, 0.717) is 44.7 Å². The molecule has 1 aromatic carbocycles. The van der Waals surface area contributed by atoms with Gasteiger partial charge in [0.05, 0.1) is 17.2 Å². The van der Waals surface area contributed by atoms with Crippen LogP contribution in [0.5, 0.6) is 0 Å². The van der Waals surface area contributed by atoms with Crippen LogP contribution in [-0.2, 0) is 15.9 Å². The lowest BCUT2D eigenvalue weighted by molar-refractivity contribution is 0.0963. The number of nitrogens with zero attached hydrogens (tertiary/aromatic N) is 3. The van der Waals surface area contributed by atoms with Crippen molar-refractivity contribution in [3.8, 4) is 10.4 Å². The van der Waals surface area contributed by atoms with E-state index in [1.54, 1.807) is 13.2 Å². The molecule has 4 heterocycles. The van der Waals surface area contributed by atoms with Gasteiger partial charge in [0.2, 0.25) is 0 Å². The largest absolute Gasteiger partial charge is 0.385 e. The molecule has 5 rings (SSSR count). The van der Waals surface area contributed by atoms with Gasteiger partial charge in [-0.2, -0.15) is 0 Å². The maximum absolute atomic E-state index is 13.8. The molecular weight excluding hydrogens is 474 g/mol. The topological polar surface area (TPSA) is 72.0 Å². The number of anilines is 2. The molecule has 8 heteroatoms. The SMILES string of the molecule is COCCCC(=O)c1cc2c(s1)-c1ccccc1N(C(=O)c1cccc(N3CCCOCC3)n1)CC2. The van der Waals surface area contributed by atoms with Gasteiger partial charge in [0.15, 0.2) is 5.78 Å². The number of methoxy groups -OCH3 is 1. The number of hydrogen-bond acceptors (Lipinski definition) is 7. The van der Waals surface area contributed by atoms with Crippen molar-refractivity contribution >= 4 is 34.5 Å². The van der Waals surface area contributed by atoms with Gasteiger partial charge in [-0.15, -0.1) is 11.3 Å². The Balaban J connectivity index is 1.42. The number of amides is 1. The first kappa shape index (κ1) is 24.6. The quantitative estimate of drug-likeness (QED) is 0.338. The fourth-order valence-electron chi connectivity index (χ4n) is 4.78. The Bertz CT molecular complexity index is 1230. The molecule has 2 aliphatic rings. The third-order valence-electron chi connectivity index (χ3n) is 6.63. The molecule has 0 saturated carbocycles. The van der Waals surface area contributed by atoms with Crippen LogP contribution in [0.4, 0.5) is 11.5 Å². The average molecular weight is 506 g/mol. The van der Waals surface area contributed by atoms with Gasteiger partial charge < -0.3 is 19.3 Å². The molecule has 188 valence electrons.